The van der Waals surface area contributed by atoms with Gasteiger partial charge in [-0.2, -0.15) is 0 Å². The average molecular weight is 249 g/mol. The molecule has 2 aliphatic rings. The Labute approximate surface area is 105 Å². The molecule has 3 rings (SSSR count). The predicted octanol–water partition coefficient (Wildman–Crippen LogP) is 0.767. The topological polar surface area (TPSA) is 62.3 Å². The summed E-state index contributed by atoms with van der Waals surface area (Å²) in [6, 6.07) is 9.51. The van der Waals surface area contributed by atoms with Gasteiger partial charge in [-0.15, -0.1) is 0 Å². The van der Waals surface area contributed by atoms with E-state index >= 15 is 0 Å². The molecule has 2 aliphatic heterocycles. The minimum absolute atomic E-state index is 0.0157. The number of hydrogen-bond donors (Lipinski definition) is 1. The van der Waals surface area contributed by atoms with Crippen LogP contribution in [0.1, 0.15) is 5.56 Å². The summed E-state index contributed by atoms with van der Waals surface area (Å²) in [4.78, 5) is 13.3. The Morgan fingerprint density at radius 2 is 2.17 bits per heavy atom. The number of hydrogen-bond acceptors (Lipinski definition) is 4. The number of fused-ring (bicyclic) bond motifs is 1. The molecule has 18 heavy (non-hydrogen) atoms. The number of benzene rings is 1. The van der Waals surface area contributed by atoms with Crippen molar-refractivity contribution in [3.63, 3.8) is 0 Å². The predicted molar refractivity (Wildman–Crippen MR) is 62.9 cm³/mol. The lowest BCUT2D eigenvalue weighted by molar-refractivity contribution is 0.0553. The summed E-state index contributed by atoms with van der Waals surface area (Å²) in [5, 5.41) is 9.65. The van der Waals surface area contributed by atoms with E-state index in [4.69, 9.17) is 9.47 Å². The van der Waals surface area contributed by atoms with Crippen LogP contribution in [-0.2, 0) is 16.1 Å². The molecule has 3 atom stereocenters. The van der Waals surface area contributed by atoms with Gasteiger partial charge in [0.05, 0.1) is 13.1 Å². The van der Waals surface area contributed by atoms with Crippen LogP contribution in [0.4, 0.5) is 4.79 Å². The number of epoxide rings is 1. The monoisotopic (exact) mass is 249 g/mol. The zero-order valence-electron chi connectivity index (χ0n) is 9.86. The summed E-state index contributed by atoms with van der Waals surface area (Å²) in [5.74, 6) is 0. The Hall–Kier alpha value is -1.59. The van der Waals surface area contributed by atoms with E-state index in [2.05, 4.69) is 0 Å². The van der Waals surface area contributed by atoms with E-state index < -0.39 is 12.2 Å². The zero-order valence-corrected chi connectivity index (χ0v) is 9.86. The lowest BCUT2D eigenvalue weighted by Gasteiger charge is -2.26. The lowest BCUT2D eigenvalue weighted by atomic mass is 10.1. The molecule has 1 aromatic carbocycles. The van der Waals surface area contributed by atoms with Crippen LogP contribution in [0.3, 0.4) is 0 Å². The largest absolute Gasteiger partial charge is 0.445 e. The molecule has 96 valence electrons. The average Bonchev–Trinajstić information content (AvgIpc) is 3.17. The highest BCUT2D eigenvalue weighted by molar-refractivity contribution is 5.68. The Morgan fingerprint density at radius 3 is 2.89 bits per heavy atom. The number of likely N-dealkylation sites (tertiary alicyclic amines) is 1. The van der Waals surface area contributed by atoms with Crippen molar-refractivity contribution in [1.82, 2.24) is 4.90 Å². The van der Waals surface area contributed by atoms with Crippen molar-refractivity contribution in [2.45, 2.75) is 24.9 Å². The van der Waals surface area contributed by atoms with Crippen LogP contribution in [0.25, 0.3) is 0 Å². The SMILES string of the molecule is O=C(OCc1ccccc1)N1C[C@H](O)[C@@H]2O[C@@H]2C1. The standard InChI is InChI=1S/C13H15NO4/c15-10-6-14(7-11-12(10)18-11)13(16)17-8-9-4-2-1-3-5-9/h1-5,10-12,15H,6-8H2/t10-,11+,12-/m0/s1. The minimum atomic E-state index is -0.590. The highest BCUT2D eigenvalue weighted by Crippen LogP contribution is 2.31. The van der Waals surface area contributed by atoms with Crippen molar-refractivity contribution in [3.8, 4) is 0 Å². The molecular weight excluding hydrogens is 234 g/mol. The molecule has 0 spiro atoms. The van der Waals surface area contributed by atoms with Gasteiger partial charge in [0.1, 0.15) is 24.9 Å². The first-order valence-corrected chi connectivity index (χ1v) is 6.03. The number of carbonyl (C=O) groups excluding carboxylic acids is 1. The second-order valence-electron chi connectivity index (χ2n) is 4.65. The second kappa shape index (κ2) is 4.59. The van der Waals surface area contributed by atoms with E-state index in [0.29, 0.717) is 6.54 Å². The maximum atomic E-state index is 11.8. The molecule has 0 bridgehead atoms. The summed E-state index contributed by atoms with van der Waals surface area (Å²) in [5.41, 5.74) is 0.948. The summed E-state index contributed by atoms with van der Waals surface area (Å²) < 4.78 is 10.4. The van der Waals surface area contributed by atoms with Crippen LogP contribution in [0, 0.1) is 0 Å². The minimum Gasteiger partial charge on any atom is -0.445 e. The molecule has 5 nitrogen and oxygen atoms in total. The fraction of sp³-hybridized carbons (Fsp3) is 0.462. The highest BCUT2D eigenvalue weighted by Gasteiger charge is 2.50. The number of β-amino-alcohol motifs (C(OH)–C–C–N with tert-alkyl or cyclic N) is 1. The molecule has 2 heterocycles. The number of rotatable bonds is 2. The summed E-state index contributed by atoms with van der Waals surface area (Å²) >= 11 is 0. The molecule has 0 aliphatic carbocycles. The third kappa shape index (κ3) is 2.32. The van der Waals surface area contributed by atoms with Gasteiger partial charge in [-0.25, -0.2) is 4.79 Å². The number of carbonyl (C=O) groups is 1. The third-order valence-corrected chi connectivity index (χ3v) is 3.27. The first kappa shape index (κ1) is 11.5. The first-order chi connectivity index (χ1) is 8.74. The number of aliphatic hydroxyl groups is 1. The van der Waals surface area contributed by atoms with Crippen molar-refractivity contribution in [3.05, 3.63) is 35.9 Å². The van der Waals surface area contributed by atoms with Crippen LogP contribution in [0.2, 0.25) is 0 Å². The van der Waals surface area contributed by atoms with E-state index in [-0.39, 0.29) is 25.4 Å². The van der Waals surface area contributed by atoms with E-state index in [1.807, 2.05) is 30.3 Å². The highest BCUT2D eigenvalue weighted by atomic mass is 16.6. The van der Waals surface area contributed by atoms with Crippen LogP contribution in [0.5, 0.6) is 0 Å². The molecule has 1 aromatic rings. The van der Waals surface area contributed by atoms with Gasteiger partial charge in [0.15, 0.2) is 0 Å². The van der Waals surface area contributed by atoms with Gasteiger partial charge in [-0.3, -0.25) is 0 Å². The van der Waals surface area contributed by atoms with Crippen LogP contribution >= 0.6 is 0 Å². The Kier molecular flexibility index (Phi) is 2.93. The molecule has 2 fully saturated rings. The van der Waals surface area contributed by atoms with Crippen molar-refractivity contribution < 1.29 is 19.4 Å². The third-order valence-electron chi connectivity index (χ3n) is 3.27. The molecule has 1 N–H and O–H groups in total. The Balaban J connectivity index is 1.52. The van der Waals surface area contributed by atoms with E-state index in [1.165, 1.54) is 4.90 Å². The second-order valence-corrected chi connectivity index (χ2v) is 4.65. The van der Waals surface area contributed by atoms with Gasteiger partial charge in [0.2, 0.25) is 0 Å². The summed E-state index contributed by atoms with van der Waals surface area (Å²) in [7, 11) is 0. The van der Waals surface area contributed by atoms with Gasteiger partial charge >= 0.3 is 6.09 Å². The van der Waals surface area contributed by atoms with E-state index in [0.717, 1.165) is 5.56 Å². The molecule has 5 heteroatoms. The maximum absolute atomic E-state index is 11.8. The number of amides is 1. The Morgan fingerprint density at radius 1 is 1.39 bits per heavy atom. The van der Waals surface area contributed by atoms with Crippen LogP contribution in [0.15, 0.2) is 30.3 Å². The van der Waals surface area contributed by atoms with Crippen molar-refractivity contribution in [1.29, 1.82) is 0 Å². The molecule has 0 aromatic heterocycles. The van der Waals surface area contributed by atoms with Gasteiger partial charge in [0, 0.05) is 0 Å². The number of aliphatic hydroxyl groups excluding tert-OH is 1. The van der Waals surface area contributed by atoms with Gasteiger partial charge in [-0.05, 0) is 5.56 Å². The fourth-order valence-corrected chi connectivity index (χ4v) is 2.22. The van der Waals surface area contributed by atoms with Gasteiger partial charge in [0.25, 0.3) is 0 Å². The van der Waals surface area contributed by atoms with Crippen molar-refractivity contribution in [2.75, 3.05) is 13.1 Å². The lowest BCUT2D eigenvalue weighted by Crippen LogP contribution is -2.46. The van der Waals surface area contributed by atoms with Crippen molar-refractivity contribution in [2.24, 2.45) is 0 Å². The smallest absolute Gasteiger partial charge is 0.410 e. The van der Waals surface area contributed by atoms with E-state index in [1.54, 1.807) is 0 Å². The summed E-state index contributed by atoms with van der Waals surface area (Å²) in [6.45, 7) is 1.05. The van der Waals surface area contributed by atoms with Crippen LogP contribution in [-0.4, -0.2) is 47.5 Å². The van der Waals surface area contributed by atoms with E-state index in [9.17, 15) is 9.90 Å². The number of nitrogens with zero attached hydrogens (tertiary/aromatic N) is 1. The van der Waals surface area contributed by atoms with Gasteiger partial charge < -0.3 is 19.5 Å². The maximum Gasteiger partial charge on any atom is 0.410 e. The normalized spacial score (nSPS) is 29.6. The molecular formula is C13H15NO4. The molecule has 0 radical (unpaired) electrons. The quantitative estimate of drug-likeness (QED) is 0.786. The summed E-state index contributed by atoms with van der Waals surface area (Å²) in [6.07, 6.45) is -1.08. The first-order valence-electron chi connectivity index (χ1n) is 6.03. The number of ether oxygens (including phenoxy) is 2. The molecule has 0 saturated carbocycles. The van der Waals surface area contributed by atoms with Crippen molar-refractivity contribution >= 4 is 6.09 Å². The zero-order chi connectivity index (χ0) is 12.5. The fourth-order valence-electron chi connectivity index (χ4n) is 2.22. The van der Waals surface area contributed by atoms with Gasteiger partial charge in [-0.1, -0.05) is 30.3 Å². The Bertz CT molecular complexity index is 436. The van der Waals surface area contributed by atoms with Crippen LogP contribution < -0.4 is 0 Å². The molecule has 0 unspecified atom stereocenters. The molecule has 2 saturated heterocycles. The molecule has 1 amide bonds. The number of piperidine rings is 1.